The van der Waals surface area contributed by atoms with E-state index in [4.69, 9.17) is 0 Å². The van der Waals surface area contributed by atoms with Crippen LogP contribution in [-0.2, 0) is 9.59 Å². The first-order valence-corrected chi connectivity index (χ1v) is 10.0. The Morgan fingerprint density at radius 3 is 2.21 bits per heavy atom. The average molecular weight is 401 g/mol. The maximum Gasteiger partial charge on any atom is 0.269 e. The summed E-state index contributed by atoms with van der Waals surface area (Å²) in [6, 6.07) is 5.17. The largest absolute Gasteiger partial charge is 0.351 e. The van der Waals surface area contributed by atoms with Crippen molar-refractivity contribution in [1.82, 2.24) is 10.2 Å². The highest BCUT2D eigenvalue weighted by atomic mass is 16.6. The van der Waals surface area contributed by atoms with Gasteiger partial charge in [0.15, 0.2) is 11.3 Å². The summed E-state index contributed by atoms with van der Waals surface area (Å²) < 4.78 is 0. The molecule has 1 aliphatic heterocycles. The van der Waals surface area contributed by atoms with Crippen molar-refractivity contribution in [3.63, 3.8) is 0 Å². The van der Waals surface area contributed by atoms with Crippen molar-refractivity contribution in [2.45, 2.75) is 76.4 Å². The molecule has 1 saturated carbocycles. The number of Topliss-reactive ketones (excluding diaryl/α,β-unsaturated/α-hetero) is 1. The Balaban J connectivity index is 1.96. The zero-order chi connectivity index (χ0) is 21.4. The number of nitro groups is 1. The van der Waals surface area contributed by atoms with Crippen molar-refractivity contribution >= 4 is 23.3 Å². The zero-order valence-corrected chi connectivity index (χ0v) is 17.1. The Hall–Kier alpha value is -2.77. The topological polar surface area (TPSA) is 110 Å². The van der Waals surface area contributed by atoms with Gasteiger partial charge in [-0.2, -0.15) is 0 Å². The van der Waals surface area contributed by atoms with Crippen molar-refractivity contribution < 1.29 is 19.3 Å². The van der Waals surface area contributed by atoms with E-state index in [0.717, 1.165) is 32.1 Å². The number of benzene rings is 1. The van der Waals surface area contributed by atoms with Crippen LogP contribution in [0.25, 0.3) is 0 Å². The van der Waals surface area contributed by atoms with Gasteiger partial charge in [0.25, 0.3) is 11.6 Å². The predicted octanol–water partition coefficient (Wildman–Crippen LogP) is 3.00. The molecule has 1 N–H and O–H groups in total. The number of likely N-dealkylation sites (tertiary alicyclic amines) is 1. The van der Waals surface area contributed by atoms with E-state index in [0.29, 0.717) is 0 Å². The molecule has 2 amide bonds. The maximum atomic E-state index is 13.5. The molecule has 1 atom stereocenters. The maximum absolute atomic E-state index is 13.5. The van der Waals surface area contributed by atoms with Crippen LogP contribution in [0.4, 0.5) is 5.69 Å². The van der Waals surface area contributed by atoms with Gasteiger partial charge in [-0.25, -0.2) is 0 Å². The summed E-state index contributed by atoms with van der Waals surface area (Å²) >= 11 is 0. The van der Waals surface area contributed by atoms with Crippen LogP contribution in [0.1, 0.15) is 69.7 Å². The zero-order valence-electron chi connectivity index (χ0n) is 17.1. The fourth-order valence-electron chi connectivity index (χ4n) is 4.44. The van der Waals surface area contributed by atoms with Gasteiger partial charge in [-0.3, -0.25) is 24.5 Å². The Labute approximate surface area is 169 Å². The molecule has 3 rings (SSSR count). The van der Waals surface area contributed by atoms with Gasteiger partial charge < -0.3 is 10.2 Å². The molecule has 2 aliphatic rings. The average Bonchev–Trinajstić information content (AvgIpc) is 2.64. The highest BCUT2D eigenvalue weighted by Gasteiger charge is 2.64. The van der Waals surface area contributed by atoms with Crippen LogP contribution in [0, 0.1) is 10.1 Å². The number of hydrogen-bond acceptors (Lipinski definition) is 5. The summed E-state index contributed by atoms with van der Waals surface area (Å²) in [4.78, 5) is 51.1. The summed E-state index contributed by atoms with van der Waals surface area (Å²) in [5.74, 6) is -1.22. The lowest BCUT2D eigenvalue weighted by Gasteiger charge is -2.55. The Bertz CT molecular complexity index is 837. The molecule has 1 unspecified atom stereocenters. The summed E-state index contributed by atoms with van der Waals surface area (Å²) in [7, 11) is 0. The van der Waals surface area contributed by atoms with E-state index in [-0.39, 0.29) is 29.6 Å². The molecule has 0 radical (unpaired) electrons. The first kappa shape index (κ1) is 21.0. The van der Waals surface area contributed by atoms with Crippen LogP contribution in [0.2, 0.25) is 0 Å². The quantitative estimate of drug-likeness (QED) is 0.268. The van der Waals surface area contributed by atoms with E-state index in [2.05, 4.69) is 5.32 Å². The van der Waals surface area contributed by atoms with Gasteiger partial charge in [-0.05, 0) is 45.7 Å². The van der Waals surface area contributed by atoms with Gasteiger partial charge >= 0.3 is 0 Å². The number of nitrogens with one attached hydrogen (secondary N) is 1. The SMILES string of the molecule is CC(C)(C)N1C(=O)CC1(C(=O)NC1CCCCC1)C(=O)c1ccc([N+](=O)[O-])cc1. The minimum Gasteiger partial charge on any atom is -0.351 e. The number of nitrogens with zero attached hydrogens (tertiary/aromatic N) is 2. The molecule has 8 nitrogen and oxygen atoms in total. The first-order valence-electron chi connectivity index (χ1n) is 10.0. The predicted molar refractivity (Wildman–Crippen MR) is 106 cm³/mol. The molecular formula is C21H27N3O5. The minimum absolute atomic E-state index is 0.00435. The van der Waals surface area contributed by atoms with Crippen molar-refractivity contribution in [3.8, 4) is 0 Å². The van der Waals surface area contributed by atoms with Crippen LogP contribution in [0.15, 0.2) is 24.3 Å². The van der Waals surface area contributed by atoms with Crippen molar-refractivity contribution in [3.05, 3.63) is 39.9 Å². The van der Waals surface area contributed by atoms with E-state index < -0.39 is 27.7 Å². The molecule has 1 heterocycles. The molecule has 1 aromatic carbocycles. The molecule has 156 valence electrons. The Kier molecular flexibility index (Phi) is 5.47. The Morgan fingerprint density at radius 2 is 1.72 bits per heavy atom. The second-order valence-corrected chi connectivity index (χ2v) is 8.88. The molecule has 2 fully saturated rings. The van der Waals surface area contributed by atoms with Gasteiger partial charge in [0, 0.05) is 29.3 Å². The van der Waals surface area contributed by atoms with E-state index in [1.54, 1.807) is 20.8 Å². The van der Waals surface area contributed by atoms with Crippen molar-refractivity contribution in [1.29, 1.82) is 0 Å². The van der Waals surface area contributed by atoms with Crippen LogP contribution in [0.5, 0.6) is 0 Å². The fourth-order valence-corrected chi connectivity index (χ4v) is 4.44. The molecular weight excluding hydrogens is 374 g/mol. The van der Waals surface area contributed by atoms with E-state index in [1.807, 2.05) is 0 Å². The highest BCUT2D eigenvalue weighted by molar-refractivity contribution is 6.24. The number of nitro benzene ring substituents is 1. The normalized spacial score (nSPS) is 22.7. The smallest absolute Gasteiger partial charge is 0.269 e. The molecule has 1 aliphatic carbocycles. The summed E-state index contributed by atoms with van der Waals surface area (Å²) in [6.07, 6.45) is 4.70. The molecule has 0 bridgehead atoms. The Morgan fingerprint density at radius 1 is 1.14 bits per heavy atom. The fraction of sp³-hybridized carbons (Fsp3) is 0.571. The third-order valence-electron chi connectivity index (χ3n) is 5.74. The minimum atomic E-state index is -1.62. The number of carbonyl (C=O) groups is 3. The van der Waals surface area contributed by atoms with Crippen LogP contribution >= 0.6 is 0 Å². The lowest BCUT2D eigenvalue weighted by molar-refractivity contribution is -0.384. The monoisotopic (exact) mass is 401 g/mol. The molecule has 29 heavy (non-hydrogen) atoms. The third-order valence-corrected chi connectivity index (χ3v) is 5.74. The summed E-state index contributed by atoms with van der Waals surface area (Å²) in [5, 5.41) is 13.9. The number of amides is 2. The van der Waals surface area contributed by atoms with Crippen molar-refractivity contribution in [2.75, 3.05) is 0 Å². The van der Waals surface area contributed by atoms with E-state index in [9.17, 15) is 24.5 Å². The number of carbonyl (C=O) groups excluding carboxylic acids is 3. The lowest BCUT2D eigenvalue weighted by Crippen LogP contribution is -2.78. The number of hydrogen-bond donors (Lipinski definition) is 1. The standard InChI is InChI=1S/C21H27N3O5/c1-20(2,3)23-17(25)13-21(23,19(27)22-15-7-5-4-6-8-15)18(26)14-9-11-16(12-10-14)24(28)29/h9-12,15H,4-8,13H2,1-3H3,(H,22,27). The number of ketones is 1. The van der Waals surface area contributed by atoms with Gasteiger partial charge in [0.2, 0.25) is 5.91 Å². The summed E-state index contributed by atoms with van der Waals surface area (Å²) in [6.45, 7) is 5.36. The van der Waals surface area contributed by atoms with Gasteiger partial charge in [-0.15, -0.1) is 0 Å². The number of non-ortho nitro benzene ring substituents is 1. The second-order valence-electron chi connectivity index (χ2n) is 8.88. The lowest BCUT2D eigenvalue weighted by atomic mass is 9.73. The van der Waals surface area contributed by atoms with Gasteiger partial charge in [-0.1, -0.05) is 19.3 Å². The van der Waals surface area contributed by atoms with E-state index in [1.165, 1.54) is 29.2 Å². The number of rotatable bonds is 5. The molecule has 0 spiro atoms. The molecule has 8 heteroatoms. The van der Waals surface area contributed by atoms with Crippen molar-refractivity contribution in [2.24, 2.45) is 0 Å². The van der Waals surface area contributed by atoms with Crippen LogP contribution in [-0.4, -0.2) is 44.5 Å². The molecule has 1 saturated heterocycles. The van der Waals surface area contributed by atoms with Crippen LogP contribution in [0.3, 0.4) is 0 Å². The number of β-lactam (4-membered cyclic amide) rings is 1. The molecule has 0 aromatic heterocycles. The summed E-state index contributed by atoms with van der Waals surface area (Å²) in [5.41, 5.74) is -2.31. The second kappa shape index (κ2) is 7.57. The van der Waals surface area contributed by atoms with Gasteiger partial charge in [0.05, 0.1) is 11.3 Å². The molecule has 1 aromatic rings. The van der Waals surface area contributed by atoms with Crippen LogP contribution < -0.4 is 5.32 Å². The third kappa shape index (κ3) is 3.75. The first-order chi connectivity index (χ1) is 13.6. The highest BCUT2D eigenvalue weighted by Crippen LogP contribution is 2.41. The van der Waals surface area contributed by atoms with Gasteiger partial charge in [0.1, 0.15) is 0 Å². The van der Waals surface area contributed by atoms with E-state index >= 15 is 0 Å².